The van der Waals surface area contributed by atoms with Gasteiger partial charge in [-0.25, -0.2) is 4.72 Å². The van der Waals surface area contributed by atoms with Crippen molar-refractivity contribution in [2.75, 3.05) is 26.7 Å². The first-order chi connectivity index (χ1) is 8.81. The van der Waals surface area contributed by atoms with Crippen LogP contribution in [-0.4, -0.2) is 45.4 Å². The summed E-state index contributed by atoms with van der Waals surface area (Å²) >= 11 is 0. The number of hydrogen-bond donors (Lipinski definition) is 2. The van der Waals surface area contributed by atoms with Crippen molar-refractivity contribution in [1.82, 2.24) is 14.3 Å². The molecule has 1 aliphatic rings. The van der Waals surface area contributed by atoms with Gasteiger partial charge in [0.15, 0.2) is 0 Å². The summed E-state index contributed by atoms with van der Waals surface area (Å²) in [5, 5.41) is 3.29. The molecule has 114 valence electrons. The van der Waals surface area contributed by atoms with Crippen molar-refractivity contribution in [3.05, 3.63) is 0 Å². The quantitative estimate of drug-likeness (QED) is 0.597. The van der Waals surface area contributed by atoms with Crippen LogP contribution in [0.4, 0.5) is 0 Å². The predicted molar refractivity (Wildman–Crippen MR) is 79.3 cm³/mol. The highest BCUT2D eigenvalue weighted by atomic mass is 32.2. The second kappa shape index (κ2) is 7.02. The van der Waals surface area contributed by atoms with Crippen molar-refractivity contribution >= 4 is 10.2 Å². The van der Waals surface area contributed by atoms with E-state index in [-0.39, 0.29) is 5.41 Å². The molecule has 0 saturated heterocycles. The summed E-state index contributed by atoms with van der Waals surface area (Å²) in [7, 11) is -1.67. The Kier molecular flexibility index (Phi) is 6.23. The zero-order valence-electron chi connectivity index (χ0n) is 12.7. The third kappa shape index (κ3) is 5.77. The molecule has 0 aromatic heterocycles. The Morgan fingerprint density at radius 3 is 2.42 bits per heavy atom. The predicted octanol–water partition coefficient (Wildman–Crippen LogP) is 1.33. The molecule has 0 aliphatic heterocycles. The molecule has 0 atom stereocenters. The maximum atomic E-state index is 12.0. The molecule has 0 aromatic carbocycles. The number of nitrogens with zero attached hydrogens (tertiary/aromatic N) is 1. The molecule has 0 bridgehead atoms. The van der Waals surface area contributed by atoms with Gasteiger partial charge in [-0.3, -0.25) is 0 Å². The van der Waals surface area contributed by atoms with Gasteiger partial charge in [0.2, 0.25) is 0 Å². The fourth-order valence-electron chi connectivity index (χ4n) is 2.00. The van der Waals surface area contributed by atoms with Crippen molar-refractivity contribution < 1.29 is 8.42 Å². The van der Waals surface area contributed by atoms with E-state index >= 15 is 0 Å². The van der Waals surface area contributed by atoms with Crippen LogP contribution in [0.3, 0.4) is 0 Å². The molecule has 0 amide bonds. The Hall–Kier alpha value is -0.170. The summed E-state index contributed by atoms with van der Waals surface area (Å²) in [5.74, 6) is 0. The van der Waals surface area contributed by atoms with Crippen LogP contribution in [0.15, 0.2) is 0 Å². The van der Waals surface area contributed by atoms with Crippen molar-refractivity contribution in [3.8, 4) is 0 Å². The maximum absolute atomic E-state index is 12.0. The molecule has 0 radical (unpaired) electrons. The molecule has 6 heteroatoms. The van der Waals surface area contributed by atoms with E-state index in [4.69, 9.17) is 0 Å². The summed E-state index contributed by atoms with van der Waals surface area (Å²) in [4.78, 5) is 0. The summed E-state index contributed by atoms with van der Waals surface area (Å²) in [6.45, 7) is 8.28. The van der Waals surface area contributed by atoms with E-state index < -0.39 is 10.2 Å². The molecular formula is C13H29N3O2S. The van der Waals surface area contributed by atoms with Crippen molar-refractivity contribution in [3.63, 3.8) is 0 Å². The van der Waals surface area contributed by atoms with Gasteiger partial charge in [-0.1, -0.05) is 20.8 Å². The normalized spacial score (nSPS) is 18.2. The minimum Gasteiger partial charge on any atom is -0.314 e. The second-order valence-corrected chi connectivity index (χ2v) is 7.83. The van der Waals surface area contributed by atoms with Gasteiger partial charge in [-0.05, 0) is 37.6 Å². The summed E-state index contributed by atoms with van der Waals surface area (Å²) in [6.07, 6.45) is 4.17. The van der Waals surface area contributed by atoms with Crippen LogP contribution in [0.1, 0.15) is 46.5 Å². The van der Waals surface area contributed by atoms with Gasteiger partial charge in [0.05, 0.1) is 0 Å². The summed E-state index contributed by atoms with van der Waals surface area (Å²) < 4.78 is 28.2. The Balaban J connectivity index is 2.27. The second-order valence-electron chi connectivity index (χ2n) is 5.96. The third-order valence-corrected chi connectivity index (χ3v) is 5.46. The molecule has 19 heavy (non-hydrogen) atoms. The van der Waals surface area contributed by atoms with Gasteiger partial charge in [0, 0.05) is 26.2 Å². The maximum Gasteiger partial charge on any atom is 0.279 e. The topological polar surface area (TPSA) is 61.4 Å². The molecule has 0 spiro atoms. The van der Waals surface area contributed by atoms with E-state index in [2.05, 4.69) is 30.8 Å². The van der Waals surface area contributed by atoms with Crippen LogP contribution < -0.4 is 10.0 Å². The van der Waals surface area contributed by atoms with Gasteiger partial charge in [-0.15, -0.1) is 0 Å². The lowest BCUT2D eigenvalue weighted by Crippen LogP contribution is -2.41. The average Bonchev–Trinajstić information content (AvgIpc) is 3.12. The molecule has 5 nitrogen and oxygen atoms in total. The highest BCUT2D eigenvalue weighted by Gasteiger charge is 2.41. The standard InChI is InChI=1S/C13H29N3O2S/c1-5-13(7-8-13)11-15-19(17,18)16(4)10-6-9-14-12(2)3/h12,14-15H,5-11H2,1-4H3. The van der Waals surface area contributed by atoms with E-state index in [0.29, 0.717) is 19.1 Å². The van der Waals surface area contributed by atoms with Crippen molar-refractivity contribution in [2.24, 2.45) is 5.41 Å². The number of hydrogen-bond acceptors (Lipinski definition) is 3. The van der Waals surface area contributed by atoms with Gasteiger partial charge in [0.1, 0.15) is 0 Å². The van der Waals surface area contributed by atoms with E-state index in [1.165, 1.54) is 4.31 Å². The fraction of sp³-hybridized carbons (Fsp3) is 1.00. The van der Waals surface area contributed by atoms with Gasteiger partial charge in [0.25, 0.3) is 10.2 Å². The minimum atomic E-state index is -3.31. The molecule has 0 unspecified atom stereocenters. The van der Waals surface area contributed by atoms with Crippen LogP contribution >= 0.6 is 0 Å². The van der Waals surface area contributed by atoms with Crippen molar-refractivity contribution in [2.45, 2.75) is 52.5 Å². The number of rotatable bonds is 10. The lowest BCUT2D eigenvalue weighted by atomic mass is 10.1. The van der Waals surface area contributed by atoms with Crippen LogP contribution in [0.5, 0.6) is 0 Å². The molecule has 2 N–H and O–H groups in total. The summed E-state index contributed by atoms with van der Waals surface area (Å²) in [6, 6.07) is 0.444. The summed E-state index contributed by atoms with van der Waals surface area (Å²) in [5.41, 5.74) is 0.243. The van der Waals surface area contributed by atoms with E-state index in [1.807, 2.05) is 0 Å². The minimum absolute atomic E-state index is 0.243. The molecular weight excluding hydrogens is 262 g/mol. The molecule has 1 saturated carbocycles. The van der Waals surface area contributed by atoms with Gasteiger partial charge < -0.3 is 5.32 Å². The molecule has 0 heterocycles. The molecule has 1 aliphatic carbocycles. The Bertz CT molecular complexity index is 364. The van der Waals surface area contributed by atoms with E-state index in [9.17, 15) is 8.42 Å². The van der Waals surface area contributed by atoms with Crippen LogP contribution in [0.25, 0.3) is 0 Å². The van der Waals surface area contributed by atoms with Crippen LogP contribution in [0, 0.1) is 5.41 Å². The Labute approximate surface area is 118 Å². The monoisotopic (exact) mass is 291 g/mol. The Morgan fingerprint density at radius 1 is 1.32 bits per heavy atom. The first-order valence-corrected chi connectivity index (χ1v) is 8.70. The fourth-order valence-corrected chi connectivity index (χ4v) is 3.08. The SMILES string of the molecule is CCC1(CNS(=O)(=O)N(C)CCCNC(C)C)CC1. The zero-order chi connectivity index (χ0) is 14.5. The van der Waals surface area contributed by atoms with E-state index in [1.54, 1.807) is 7.05 Å². The average molecular weight is 291 g/mol. The molecule has 0 aromatic rings. The van der Waals surface area contributed by atoms with Gasteiger partial charge in [-0.2, -0.15) is 12.7 Å². The van der Waals surface area contributed by atoms with E-state index in [0.717, 1.165) is 32.2 Å². The van der Waals surface area contributed by atoms with Crippen molar-refractivity contribution in [1.29, 1.82) is 0 Å². The highest BCUT2D eigenvalue weighted by Crippen LogP contribution is 2.47. The van der Waals surface area contributed by atoms with Gasteiger partial charge >= 0.3 is 0 Å². The highest BCUT2D eigenvalue weighted by molar-refractivity contribution is 7.87. The Morgan fingerprint density at radius 2 is 1.95 bits per heavy atom. The number of nitrogens with one attached hydrogen (secondary N) is 2. The first kappa shape index (κ1) is 16.9. The molecule has 1 fully saturated rings. The lowest BCUT2D eigenvalue weighted by molar-refractivity contribution is 0.422. The molecule has 1 rings (SSSR count). The van der Waals surface area contributed by atoms with Crippen LogP contribution in [0.2, 0.25) is 0 Å². The zero-order valence-corrected chi connectivity index (χ0v) is 13.5. The third-order valence-electron chi connectivity index (χ3n) is 3.95. The first-order valence-electron chi connectivity index (χ1n) is 7.26. The van der Waals surface area contributed by atoms with Crippen LogP contribution in [-0.2, 0) is 10.2 Å². The largest absolute Gasteiger partial charge is 0.314 e. The lowest BCUT2D eigenvalue weighted by Gasteiger charge is -2.20. The smallest absolute Gasteiger partial charge is 0.279 e.